The first-order valence-corrected chi connectivity index (χ1v) is 12.0. The summed E-state index contributed by atoms with van der Waals surface area (Å²) in [7, 11) is -1.58. The maximum Gasteiger partial charge on any atom is 0.252 e. The first-order chi connectivity index (χ1) is 15.4. The molecular formula is C24H24N4O3S. The number of nitrogens with zero attached hydrogens (tertiary/aromatic N) is 3. The van der Waals surface area contributed by atoms with Gasteiger partial charge in [0.25, 0.3) is 5.91 Å². The second kappa shape index (κ2) is 8.92. The lowest BCUT2D eigenvalue weighted by Crippen LogP contribution is -2.26. The Balaban J connectivity index is 1.54. The van der Waals surface area contributed by atoms with Gasteiger partial charge in [0.15, 0.2) is 15.5 Å². The van der Waals surface area contributed by atoms with Crippen LogP contribution in [0.2, 0.25) is 0 Å². The molecule has 0 unspecified atom stereocenters. The second-order valence-corrected chi connectivity index (χ2v) is 9.68. The highest BCUT2D eigenvalue weighted by molar-refractivity contribution is 7.91. The van der Waals surface area contributed by atoms with Crippen LogP contribution in [0.5, 0.6) is 0 Å². The quantitative estimate of drug-likeness (QED) is 0.437. The Labute approximate surface area is 187 Å². The predicted octanol–water partition coefficient (Wildman–Crippen LogP) is 3.54. The largest absolute Gasteiger partial charge is 0.352 e. The molecule has 7 nitrogen and oxygen atoms in total. The molecule has 2 aromatic heterocycles. The minimum Gasteiger partial charge on any atom is -0.352 e. The summed E-state index contributed by atoms with van der Waals surface area (Å²) in [5, 5.41) is 7.98. The minimum absolute atomic E-state index is 0.0375. The van der Waals surface area contributed by atoms with Gasteiger partial charge in [-0.1, -0.05) is 48.5 Å². The summed E-state index contributed by atoms with van der Waals surface area (Å²) in [5.41, 5.74) is 3.40. The van der Waals surface area contributed by atoms with Crippen LogP contribution in [0.1, 0.15) is 22.5 Å². The minimum atomic E-state index is -3.38. The van der Waals surface area contributed by atoms with E-state index in [4.69, 9.17) is 4.98 Å². The van der Waals surface area contributed by atoms with Crippen molar-refractivity contribution in [1.82, 2.24) is 20.1 Å². The first-order valence-electron chi connectivity index (χ1n) is 10.3. The number of carbonyl (C=O) groups is 1. The van der Waals surface area contributed by atoms with Gasteiger partial charge in [0, 0.05) is 19.2 Å². The van der Waals surface area contributed by atoms with Gasteiger partial charge < -0.3 is 5.32 Å². The van der Waals surface area contributed by atoms with E-state index >= 15 is 0 Å². The number of rotatable bonds is 7. The van der Waals surface area contributed by atoms with Crippen LogP contribution in [-0.2, 0) is 16.9 Å². The molecule has 164 valence electrons. The number of hydrogen-bond donors (Lipinski definition) is 1. The fraction of sp³-hybridized carbons (Fsp3) is 0.208. The molecule has 0 bridgehead atoms. The molecule has 1 N–H and O–H groups in total. The molecule has 4 rings (SSSR count). The third-order valence-electron chi connectivity index (χ3n) is 5.26. The topological polar surface area (TPSA) is 93.9 Å². The molecule has 0 radical (unpaired) electrons. The average Bonchev–Trinajstić information content (AvgIpc) is 3.10. The molecule has 2 heterocycles. The molecule has 0 fully saturated rings. The monoisotopic (exact) mass is 448 g/mol. The summed E-state index contributed by atoms with van der Waals surface area (Å²) in [6.45, 7) is 2.09. The van der Waals surface area contributed by atoms with Crippen LogP contribution in [0.25, 0.3) is 22.3 Å². The van der Waals surface area contributed by atoms with E-state index in [0.29, 0.717) is 39.3 Å². The highest BCUT2D eigenvalue weighted by Gasteiger charge is 2.19. The fourth-order valence-electron chi connectivity index (χ4n) is 3.69. The number of pyridine rings is 1. The van der Waals surface area contributed by atoms with E-state index in [1.807, 2.05) is 37.3 Å². The number of benzene rings is 2. The lowest BCUT2D eigenvalue weighted by Gasteiger charge is -2.10. The van der Waals surface area contributed by atoms with Crippen LogP contribution in [0.4, 0.5) is 0 Å². The zero-order valence-corrected chi connectivity index (χ0v) is 18.8. The third-order valence-corrected chi connectivity index (χ3v) is 7.08. The SMILES string of the molecule is Cc1nn(C)c2nc(-c3ccccc3)cc(C(=O)NCCCS(=O)(=O)c3ccccc3)c12. The van der Waals surface area contributed by atoms with E-state index in [1.54, 1.807) is 48.1 Å². The standard InChI is InChI=1S/C24H24N4O3S/c1-17-22-20(16-21(18-10-5-3-6-11-18)26-23(22)28(2)27-17)24(29)25-14-9-15-32(30,31)19-12-7-4-8-13-19/h3-8,10-13,16H,9,14-15H2,1-2H3,(H,25,29). The van der Waals surface area contributed by atoms with E-state index < -0.39 is 9.84 Å². The van der Waals surface area contributed by atoms with Gasteiger partial charge >= 0.3 is 0 Å². The summed E-state index contributed by atoms with van der Waals surface area (Å²) in [4.78, 5) is 18.1. The Morgan fingerprint density at radius 3 is 2.38 bits per heavy atom. The van der Waals surface area contributed by atoms with Crippen molar-refractivity contribution in [3.05, 3.63) is 78.0 Å². The summed E-state index contributed by atoms with van der Waals surface area (Å²) in [6, 6.07) is 19.7. The van der Waals surface area contributed by atoms with Crippen molar-refractivity contribution in [3.8, 4) is 11.3 Å². The second-order valence-electron chi connectivity index (χ2n) is 7.57. The number of nitrogens with one attached hydrogen (secondary N) is 1. The Morgan fingerprint density at radius 1 is 1.03 bits per heavy atom. The van der Waals surface area contributed by atoms with Crippen molar-refractivity contribution in [1.29, 1.82) is 0 Å². The van der Waals surface area contributed by atoms with Crippen molar-refractivity contribution in [2.24, 2.45) is 7.05 Å². The van der Waals surface area contributed by atoms with Crippen LogP contribution < -0.4 is 5.32 Å². The van der Waals surface area contributed by atoms with Crippen molar-refractivity contribution in [3.63, 3.8) is 0 Å². The van der Waals surface area contributed by atoms with Crippen molar-refractivity contribution in [2.45, 2.75) is 18.2 Å². The molecule has 0 spiro atoms. The van der Waals surface area contributed by atoms with Gasteiger partial charge in [-0.2, -0.15) is 5.10 Å². The van der Waals surface area contributed by atoms with Gasteiger partial charge in [0.1, 0.15) is 0 Å². The van der Waals surface area contributed by atoms with Gasteiger partial charge in [-0.15, -0.1) is 0 Å². The van der Waals surface area contributed by atoms with Gasteiger partial charge in [0.05, 0.1) is 33.0 Å². The molecule has 0 saturated heterocycles. The molecule has 0 saturated carbocycles. The average molecular weight is 449 g/mol. The Kier molecular flexibility index (Phi) is 6.05. The molecule has 2 aromatic carbocycles. The normalized spacial score (nSPS) is 11.6. The van der Waals surface area contributed by atoms with Gasteiger partial charge in [0.2, 0.25) is 0 Å². The summed E-state index contributed by atoms with van der Waals surface area (Å²) >= 11 is 0. The van der Waals surface area contributed by atoms with Gasteiger partial charge in [-0.05, 0) is 31.5 Å². The summed E-state index contributed by atoms with van der Waals surface area (Å²) in [5.74, 6) is -0.313. The molecule has 0 aliphatic heterocycles. The maximum atomic E-state index is 13.1. The van der Waals surface area contributed by atoms with Crippen molar-refractivity contribution in [2.75, 3.05) is 12.3 Å². The van der Waals surface area contributed by atoms with E-state index in [-0.39, 0.29) is 18.2 Å². The van der Waals surface area contributed by atoms with E-state index in [9.17, 15) is 13.2 Å². The third kappa shape index (κ3) is 4.40. The first kappa shape index (κ1) is 21.7. The smallest absolute Gasteiger partial charge is 0.252 e. The number of amides is 1. The lowest BCUT2D eigenvalue weighted by molar-refractivity contribution is 0.0955. The molecule has 0 aliphatic carbocycles. The molecule has 32 heavy (non-hydrogen) atoms. The molecule has 0 aliphatic rings. The Hall–Kier alpha value is -3.52. The van der Waals surface area contributed by atoms with E-state index in [1.165, 1.54) is 0 Å². The highest BCUT2D eigenvalue weighted by Crippen LogP contribution is 2.26. The fourth-order valence-corrected chi connectivity index (χ4v) is 5.02. The highest BCUT2D eigenvalue weighted by atomic mass is 32.2. The van der Waals surface area contributed by atoms with Crippen molar-refractivity contribution >= 4 is 26.8 Å². The Morgan fingerprint density at radius 2 is 1.69 bits per heavy atom. The van der Waals surface area contributed by atoms with E-state index in [0.717, 1.165) is 5.56 Å². The molecule has 4 aromatic rings. The number of fused-ring (bicyclic) bond motifs is 1. The van der Waals surface area contributed by atoms with Crippen LogP contribution in [-0.4, -0.2) is 41.4 Å². The zero-order chi connectivity index (χ0) is 22.7. The maximum absolute atomic E-state index is 13.1. The van der Waals surface area contributed by atoms with Gasteiger partial charge in [-0.3, -0.25) is 9.48 Å². The summed E-state index contributed by atoms with van der Waals surface area (Å²) < 4.78 is 26.5. The molecule has 0 atom stereocenters. The Bertz CT molecular complexity index is 1360. The molecular weight excluding hydrogens is 424 g/mol. The van der Waals surface area contributed by atoms with Crippen LogP contribution in [0.3, 0.4) is 0 Å². The predicted molar refractivity (Wildman–Crippen MR) is 124 cm³/mol. The van der Waals surface area contributed by atoms with E-state index in [2.05, 4.69) is 10.4 Å². The number of aryl methyl sites for hydroxylation is 2. The van der Waals surface area contributed by atoms with Crippen LogP contribution >= 0.6 is 0 Å². The zero-order valence-electron chi connectivity index (χ0n) is 17.9. The number of aromatic nitrogens is 3. The molecule has 1 amide bonds. The van der Waals surface area contributed by atoms with Gasteiger partial charge in [-0.25, -0.2) is 13.4 Å². The number of sulfone groups is 1. The molecule has 8 heteroatoms. The number of carbonyl (C=O) groups excluding carboxylic acids is 1. The van der Waals surface area contributed by atoms with Crippen LogP contribution in [0, 0.1) is 6.92 Å². The van der Waals surface area contributed by atoms with Crippen LogP contribution in [0.15, 0.2) is 71.6 Å². The van der Waals surface area contributed by atoms with Crippen molar-refractivity contribution < 1.29 is 13.2 Å². The lowest BCUT2D eigenvalue weighted by atomic mass is 10.0. The number of hydrogen-bond acceptors (Lipinski definition) is 5. The summed E-state index contributed by atoms with van der Waals surface area (Å²) in [6.07, 6.45) is 0.314.